The molecule has 106 valence electrons. The number of rotatable bonds is 6. The van der Waals surface area contributed by atoms with Gasteiger partial charge in [-0.2, -0.15) is 0 Å². The summed E-state index contributed by atoms with van der Waals surface area (Å²) in [5.41, 5.74) is 1.17. The Bertz CT molecular complexity index is 378. The number of nitrogens with zero attached hydrogens (tertiary/aromatic N) is 1. The van der Waals surface area contributed by atoms with Crippen molar-refractivity contribution in [2.24, 2.45) is 0 Å². The fourth-order valence-electron chi connectivity index (χ4n) is 2.51. The molecule has 4 nitrogen and oxygen atoms in total. The second-order valence-electron chi connectivity index (χ2n) is 5.05. The van der Waals surface area contributed by atoms with Crippen molar-refractivity contribution in [2.75, 3.05) is 39.8 Å². The minimum absolute atomic E-state index is 0.261. The van der Waals surface area contributed by atoms with E-state index in [0.29, 0.717) is 0 Å². The Balaban J connectivity index is 1.77. The van der Waals surface area contributed by atoms with Crippen LogP contribution in [0.1, 0.15) is 12.0 Å². The van der Waals surface area contributed by atoms with E-state index in [-0.39, 0.29) is 6.10 Å². The Morgan fingerprint density at radius 2 is 2.05 bits per heavy atom. The number of aliphatic hydroxyl groups is 1. The van der Waals surface area contributed by atoms with E-state index in [4.69, 9.17) is 4.74 Å². The molecule has 1 fully saturated rings. The van der Waals surface area contributed by atoms with Crippen LogP contribution < -0.4 is 10.1 Å². The van der Waals surface area contributed by atoms with Gasteiger partial charge in [0, 0.05) is 32.7 Å². The number of aliphatic hydroxyl groups excluding tert-OH is 1. The van der Waals surface area contributed by atoms with E-state index in [9.17, 15) is 5.11 Å². The van der Waals surface area contributed by atoms with Gasteiger partial charge in [-0.3, -0.25) is 4.90 Å². The first-order valence-corrected chi connectivity index (χ1v) is 7.02. The molecule has 1 aromatic carbocycles. The summed E-state index contributed by atoms with van der Waals surface area (Å²) < 4.78 is 5.33. The second-order valence-corrected chi connectivity index (χ2v) is 5.05. The van der Waals surface area contributed by atoms with Crippen molar-refractivity contribution >= 4 is 0 Å². The molecule has 1 saturated heterocycles. The molecule has 1 heterocycles. The van der Waals surface area contributed by atoms with E-state index >= 15 is 0 Å². The summed E-state index contributed by atoms with van der Waals surface area (Å²) in [6.07, 6.45) is 1.38. The topological polar surface area (TPSA) is 44.7 Å². The lowest BCUT2D eigenvalue weighted by Gasteiger charge is -2.29. The van der Waals surface area contributed by atoms with Crippen LogP contribution in [0.5, 0.6) is 5.75 Å². The van der Waals surface area contributed by atoms with Crippen LogP contribution in [0, 0.1) is 0 Å². The van der Waals surface area contributed by atoms with E-state index in [1.165, 1.54) is 5.56 Å². The quantitative estimate of drug-likeness (QED) is 0.801. The Kier molecular flexibility index (Phi) is 5.63. The van der Waals surface area contributed by atoms with Gasteiger partial charge in [-0.05, 0) is 24.5 Å². The van der Waals surface area contributed by atoms with Crippen molar-refractivity contribution in [2.45, 2.75) is 18.9 Å². The molecule has 2 N–H and O–H groups in total. The molecule has 1 aliphatic rings. The van der Waals surface area contributed by atoms with Gasteiger partial charge in [0.25, 0.3) is 0 Å². The molecular weight excluding hydrogens is 240 g/mol. The largest absolute Gasteiger partial charge is 0.496 e. The summed E-state index contributed by atoms with van der Waals surface area (Å²) in [6, 6.07) is 8.02. The minimum atomic E-state index is -0.261. The number of benzene rings is 1. The Labute approximate surface area is 115 Å². The third-order valence-electron chi connectivity index (χ3n) is 3.62. The van der Waals surface area contributed by atoms with Crippen LogP contribution in [-0.4, -0.2) is 55.9 Å². The lowest BCUT2D eigenvalue weighted by atomic mass is 10.1. The van der Waals surface area contributed by atoms with Gasteiger partial charge >= 0.3 is 0 Å². The monoisotopic (exact) mass is 264 g/mol. The Hall–Kier alpha value is -1.10. The van der Waals surface area contributed by atoms with Crippen LogP contribution in [0.2, 0.25) is 0 Å². The Morgan fingerprint density at radius 1 is 1.32 bits per heavy atom. The first-order chi connectivity index (χ1) is 9.29. The van der Waals surface area contributed by atoms with Crippen LogP contribution in [0.15, 0.2) is 24.3 Å². The second kappa shape index (κ2) is 7.48. The lowest BCUT2D eigenvalue weighted by Crippen LogP contribution is -2.46. The van der Waals surface area contributed by atoms with E-state index in [2.05, 4.69) is 16.3 Å². The number of β-amino-alcohol motifs (C(OH)–C–C–N with tert-alkyl or cyclic N) is 1. The average Bonchev–Trinajstić information content (AvgIpc) is 2.46. The molecule has 0 spiro atoms. The maximum Gasteiger partial charge on any atom is 0.122 e. The molecule has 1 atom stereocenters. The van der Waals surface area contributed by atoms with Gasteiger partial charge in [-0.15, -0.1) is 0 Å². The third-order valence-corrected chi connectivity index (χ3v) is 3.62. The maximum atomic E-state index is 10.1. The van der Waals surface area contributed by atoms with E-state index < -0.39 is 0 Å². The summed E-state index contributed by atoms with van der Waals surface area (Å²) in [7, 11) is 1.69. The number of hydrogen-bond acceptors (Lipinski definition) is 4. The van der Waals surface area contributed by atoms with Gasteiger partial charge in [-0.1, -0.05) is 18.2 Å². The minimum Gasteiger partial charge on any atom is -0.496 e. The molecule has 1 aliphatic heterocycles. The molecule has 0 aliphatic carbocycles. The lowest BCUT2D eigenvalue weighted by molar-refractivity contribution is 0.0986. The zero-order valence-corrected chi connectivity index (χ0v) is 11.6. The van der Waals surface area contributed by atoms with Crippen LogP contribution in [-0.2, 0) is 6.42 Å². The number of para-hydroxylation sites is 1. The summed E-state index contributed by atoms with van der Waals surface area (Å²) in [4.78, 5) is 2.32. The number of piperazine rings is 1. The highest BCUT2D eigenvalue weighted by atomic mass is 16.5. The summed E-state index contributed by atoms with van der Waals surface area (Å²) in [6.45, 7) is 4.90. The zero-order valence-electron chi connectivity index (χ0n) is 11.6. The highest BCUT2D eigenvalue weighted by Crippen LogP contribution is 2.19. The molecule has 0 saturated carbocycles. The van der Waals surface area contributed by atoms with Crippen LogP contribution in [0.3, 0.4) is 0 Å². The molecule has 0 radical (unpaired) electrons. The van der Waals surface area contributed by atoms with Crippen molar-refractivity contribution in [3.05, 3.63) is 29.8 Å². The molecule has 0 amide bonds. The fraction of sp³-hybridized carbons (Fsp3) is 0.600. The normalized spacial score (nSPS) is 18.2. The van der Waals surface area contributed by atoms with Gasteiger partial charge in [0.15, 0.2) is 0 Å². The van der Waals surface area contributed by atoms with Gasteiger partial charge in [0.1, 0.15) is 5.75 Å². The summed E-state index contributed by atoms with van der Waals surface area (Å²) in [5.74, 6) is 0.914. The maximum absolute atomic E-state index is 10.1. The number of methoxy groups -OCH3 is 1. The van der Waals surface area contributed by atoms with Gasteiger partial charge in [0.2, 0.25) is 0 Å². The van der Waals surface area contributed by atoms with Crippen molar-refractivity contribution in [3.8, 4) is 5.75 Å². The number of nitrogens with one attached hydrogen (secondary N) is 1. The van der Waals surface area contributed by atoms with Crippen molar-refractivity contribution in [1.82, 2.24) is 10.2 Å². The van der Waals surface area contributed by atoms with Crippen molar-refractivity contribution in [3.63, 3.8) is 0 Å². The van der Waals surface area contributed by atoms with Crippen molar-refractivity contribution < 1.29 is 9.84 Å². The molecule has 0 bridgehead atoms. The van der Waals surface area contributed by atoms with E-state index in [1.54, 1.807) is 7.11 Å². The zero-order chi connectivity index (χ0) is 13.5. The van der Waals surface area contributed by atoms with Gasteiger partial charge < -0.3 is 15.2 Å². The predicted molar refractivity (Wildman–Crippen MR) is 76.6 cm³/mol. The van der Waals surface area contributed by atoms with Gasteiger partial charge in [-0.25, -0.2) is 0 Å². The first kappa shape index (κ1) is 14.3. The molecule has 0 aromatic heterocycles. The Morgan fingerprint density at radius 3 is 2.79 bits per heavy atom. The molecular formula is C15H24N2O2. The highest BCUT2D eigenvalue weighted by Gasteiger charge is 2.14. The van der Waals surface area contributed by atoms with Crippen LogP contribution >= 0.6 is 0 Å². The smallest absolute Gasteiger partial charge is 0.122 e. The predicted octanol–water partition coefficient (Wildman–Crippen LogP) is 0.894. The number of hydrogen-bond donors (Lipinski definition) is 2. The fourth-order valence-corrected chi connectivity index (χ4v) is 2.51. The highest BCUT2D eigenvalue weighted by molar-refractivity contribution is 5.33. The standard InChI is InChI=1S/C15H24N2O2/c1-19-15-5-3-2-4-13(15)6-7-14(18)12-17-10-8-16-9-11-17/h2-5,14,16,18H,6-12H2,1H3. The summed E-state index contributed by atoms with van der Waals surface area (Å²) in [5, 5.41) is 13.4. The van der Waals surface area contributed by atoms with Gasteiger partial charge in [0.05, 0.1) is 13.2 Å². The molecule has 19 heavy (non-hydrogen) atoms. The van der Waals surface area contributed by atoms with E-state index in [1.807, 2.05) is 18.2 Å². The summed E-state index contributed by atoms with van der Waals surface area (Å²) >= 11 is 0. The number of ether oxygens (including phenoxy) is 1. The molecule has 1 aromatic rings. The molecule has 4 heteroatoms. The molecule has 1 unspecified atom stereocenters. The number of aryl methyl sites for hydroxylation is 1. The van der Waals surface area contributed by atoms with Crippen LogP contribution in [0.25, 0.3) is 0 Å². The third kappa shape index (κ3) is 4.49. The van der Waals surface area contributed by atoms with Crippen molar-refractivity contribution in [1.29, 1.82) is 0 Å². The SMILES string of the molecule is COc1ccccc1CCC(O)CN1CCNCC1. The molecule has 2 rings (SSSR count). The van der Waals surface area contributed by atoms with E-state index in [0.717, 1.165) is 51.3 Å². The van der Waals surface area contributed by atoms with Crippen LogP contribution in [0.4, 0.5) is 0 Å². The average molecular weight is 264 g/mol. The first-order valence-electron chi connectivity index (χ1n) is 7.02.